The number of aliphatic hydroxyl groups is 1. The van der Waals surface area contributed by atoms with E-state index in [2.05, 4.69) is 17.2 Å². The Morgan fingerprint density at radius 2 is 2.21 bits per heavy atom. The van der Waals surface area contributed by atoms with Crippen LogP contribution in [0.15, 0.2) is 5.38 Å². The maximum Gasteiger partial charge on any atom is 0.229 e. The molecule has 0 spiro atoms. The molecular formula is C14H22N2O2S. The molecule has 0 saturated heterocycles. The van der Waals surface area contributed by atoms with E-state index < -0.39 is 0 Å². The molecule has 1 aliphatic carbocycles. The lowest BCUT2D eigenvalue weighted by atomic mass is 9.80. The van der Waals surface area contributed by atoms with E-state index in [-0.39, 0.29) is 18.4 Å². The molecule has 5 heteroatoms. The normalized spacial score (nSPS) is 23.3. The van der Waals surface area contributed by atoms with Crippen molar-refractivity contribution in [2.45, 2.75) is 45.4 Å². The zero-order valence-corrected chi connectivity index (χ0v) is 12.2. The van der Waals surface area contributed by atoms with Gasteiger partial charge in [-0.25, -0.2) is 4.98 Å². The molecule has 2 N–H and O–H groups in total. The summed E-state index contributed by atoms with van der Waals surface area (Å²) in [6, 6.07) is 0. The average Bonchev–Trinajstić information content (AvgIpc) is 2.86. The summed E-state index contributed by atoms with van der Waals surface area (Å²) in [5.41, 5.74) is 0.845. The second kappa shape index (κ2) is 7.01. The van der Waals surface area contributed by atoms with Crippen LogP contribution in [0.25, 0.3) is 0 Å². The number of nitrogens with zero attached hydrogens (tertiary/aromatic N) is 1. The molecule has 0 atom stereocenters. The van der Waals surface area contributed by atoms with Crippen molar-refractivity contribution < 1.29 is 9.90 Å². The highest BCUT2D eigenvalue weighted by atomic mass is 32.1. The Morgan fingerprint density at radius 3 is 2.84 bits per heavy atom. The molecular weight excluding hydrogens is 260 g/mol. The summed E-state index contributed by atoms with van der Waals surface area (Å²) in [5.74, 6) is 1.06. The first-order chi connectivity index (χ1) is 9.22. The molecule has 1 saturated carbocycles. The minimum Gasteiger partial charge on any atom is -0.396 e. The van der Waals surface area contributed by atoms with Gasteiger partial charge < -0.3 is 10.4 Å². The fourth-order valence-corrected chi connectivity index (χ4v) is 3.38. The summed E-state index contributed by atoms with van der Waals surface area (Å²) >= 11 is 1.43. The topological polar surface area (TPSA) is 62.2 Å². The van der Waals surface area contributed by atoms with Gasteiger partial charge in [0.15, 0.2) is 5.13 Å². The summed E-state index contributed by atoms with van der Waals surface area (Å²) in [7, 11) is 0. The number of aliphatic hydroxyl groups excluding tert-OH is 1. The van der Waals surface area contributed by atoms with E-state index in [0.717, 1.165) is 24.5 Å². The van der Waals surface area contributed by atoms with Gasteiger partial charge in [0.25, 0.3) is 0 Å². The van der Waals surface area contributed by atoms with Gasteiger partial charge in [0.1, 0.15) is 0 Å². The Morgan fingerprint density at radius 1 is 1.47 bits per heavy atom. The minimum absolute atomic E-state index is 0.0954. The van der Waals surface area contributed by atoms with Crippen molar-refractivity contribution >= 4 is 22.4 Å². The predicted octanol–water partition coefficient (Wildman–Crippen LogP) is 2.83. The Labute approximate surface area is 118 Å². The maximum atomic E-state index is 12.1. The second-order valence-electron chi connectivity index (χ2n) is 5.23. The number of nitrogens with one attached hydrogen (secondary N) is 1. The zero-order valence-electron chi connectivity index (χ0n) is 11.4. The van der Waals surface area contributed by atoms with Crippen LogP contribution in [0.3, 0.4) is 0 Å². The number of hydrogen-bond acceptors (Lipinski definition) is 4. The quantitative estimate of drug-likeness (QED) is 0.873. The summed E-state index contributed by atoms with van der Waals surface area (Å²) in [5, 5.41) is 14.3. The van der Waals surface area contributed by atoms with Crippen molar-refractivity contribution in [3.8, 4) is 0 Å². The first-order valence-corrected chi connectivity index (χ1v) is 7.97. The van der Waals surface area contributed by atoms with Crippen LogP contribution >= 0.6 is 11.3 Å². The molecule has 1 fully saturated rings. The van der Waals surface area contributed by atoms with Gasteiger partial charge in [-0.2, -0.15) is 0 Å². The number of amides is 1. The molecule has 1 heterocycles. The highest BCUT2D eigenvalue weighted by Crippen LogP contribution is 2.31. The monoisotopic (exact) mass is 282 g/mol. The van der Waals surface area contributed by atoms with Crippen molar-refractivity contribution in [3.63, 3.8) is 0 Å². The fourth-order valence-electron chi connectivity index (χ4n) is 2.63. The van der Waals surface area contributed by atoms with Crippen LogP contribution in [0.1, 0.15) is 44.7 Å². The fraction of sp³-hybridized carbons (Fsp3) is 0.714. The molecule has 1 amide bonds. The van der Waals surface area contributed by atoms with E-state index in [1.165, 1.54) is 30.6 Å². The van der Waals surface area contributed by atoms with E-state index >= 15 is 0 Å². The lowest BCUT2D eigenvalue weighted by molar-refractivity contribution is -0.121. The SMILES string of the molecule is CCC1CCC(C(=O)Nc2nc(CCO)cs2)CC1. The molecule has 4 nitrogen and oxygen atoms in total. The number of rotatable bonds is 5. The number of thiazole rings is 1. The molecule has 0 unspecified atom stereocenters. The number of hydrogen-bond donors (Lipinski definition) is 2. The highest BCUT2D eigenvalue weighted by molar-refractivity contribution is 7.13. The Bertz CT molecular complexity index is 411. The average molecular weight is 282 g/mol. The van der Waals surface area contributed by atoms with Gasteiger partial charge in [-0.05, 0) is 31.6 Å². The van der Waals surface area contributed by atoms with Crippen LogP contribution in [-0.2, 0) is 11.2 Å². The van der Waals surface area contributed by atoms with Gasteiger partial charge >= 0.3 is 0 Å². The zero-order chi connectivity index (χ0) is 13.7. The molecule has 1 aromatic heterocycles. The van der Waals surface area contributed by atoms with Gasteiger partial charge in [0, 0.05) is 24.3 Å². The van der Waals surface area contributed by atoms with Crippen LogP contribution in [0, 0.1) is 11.8 Å². The Hall–Kier alpha value is -0.940. The number of carbonyl (C=O) groups is 1. The highest BCUT2D eigenvalue weighted by Gasteiger charge is 2.25. The number of carbonyl (C=O) groups excluding carboxylic acids is 1. The van der Waals surface area contributed by atoms with Crippen LogP contribution in [0.4, 0.5) is 5.13 Å². The minimum atomic E-state index is 0.0954. The van der Waals surface area contributed by atoms with E-state index in [0.29, 0.717) is 11.6 Å². The Balaban J connectivity index is 1.83. The van der Waals surface area contributed by atoms with Crippen molar-refractivity contribution in [2.24, 2.45) is 11.8 Å². The van der Waals surface area contributed by atoms with Gasteiger partial charge in [0.2, 0.25) is 5.91 Å². The summed E-state index contributed by atoms with van der Waals surface area (Å²) in [4.78, 5) is 16.4. The lowest BCUT2D eigenvalue weighted by Gasteiger charge is -2.26. The number of aromatic nitrogens is 1. The smallest absolute Gasteiger partial charge is 0.229 e. The van der Waals surface area contributed by atoms with E-state index in [1.807, 2.05) is 5.38 Å². The third-order valence-corrected chi connectivity index (χ3v) is 4.75. The largest absolute Gasteiger partial charge is 0.396 e. The maximum absolute atomic E-state index is 12.1. The predicted molar refractivity (Wildman–Crippen MR) is 77.3 cm³/mol. The van der Waals surface area contributed by atoms with Crippen molar-refractivity contribution in [1.82, 2.24) is 4.98 Å². The molecule has 1 aromatic rings. The molecule has 1 aliphatic rings. The third-order valence-electron chi connectivity index (χ3n) is 3.94. The van der Waals surface area contributed by atoms with Crippen LogP contribution in [-0.4, -0.2) is 22.6 Å². The first kappa shape index (κ1) is 14.5. The van der Waals surface area contributed by atoms with Gasteiger partial charge in [0.05, 0.1) is 5.69 Å². The summed E-state index contributed by atoms with van der Waals surface area (Å²) < 4.78 is 0. The molecule has 0 aliphatic heterocycles. The molecule has 106 valence electrons. The summed E-state index contributed by atoms with van der Waals surface area (Å²) in [6.07, 6.45) is 6.11. The Kier molecular flexibility index (Phi) is 5.34. The van der Waals surface area contributed by atoms with Crippen molar-refractivity contribution in [1.29, 1.82) is 0 Å². The number of anilines is 1. The third kappa shape index (κ3) is 4.01. The molecule has 0 aromatic carbocycles. The van der Waals surface area contributed by atoms with Crippen LogP contribution in [0.5, 0.6) is 0 Å². The standard InChI is InChI=1S/C14H22N2O2S/c1-2-10-3-5-11(6-4-10)13(18)16-14-15-12(7-8-17)9-19-14/h9-11,17H,2-8H2,1H3,(H,15,16,18). The van der Waals surface area contributed by atoms with Crippen LogP contribution in [0.2, 0.25) is 0 Å². The van der Waals surface area contributed by atoms with Crippen molar-refractivity contribution in [2.75, 3.05) is 11.9 Å². The van der Waals surface area contributed by atoms with E-state index in [1.54, 1.807) is 0 Å². The van der Waals surface area contributed by atoms with E-state index in [4.69, 9.17) is 5.11 Å². The molecule has 2 rings (SSSR count). The summed E-state index contributed by atoms with van der Waals surface area (Å²) in [6.45, 7) is 2.32. The van der Waals surface area contributed by atoms with E-state index in [9.17, 15) is 4.79 Å². The molecule has 19 heavy (non-hydrogen) atoms. The van der Waals surface area contributed by atoms with Gasteiger partial charge in [-0.1, -0.05) is 13.3 Å². The lowest BCUT2D eigenvalue weighted by Crippen LogP contribution is -2.27. The molecule has 0 bridgehead atoms. The second-order valence-corrected chi connectivity index (χ2v) is 6.09. The first-order valence-electron chi connectivity index (χ1n) is 7.09. The van der Waals surface area contributed by atoms with Crippen molar-refractivity contribution in [3.05, 3.63) is 11.1 Å². The molecule has 0 radical (unpaired) electrons. The van der Waals surface area contributed by atoms with Gasteiger partial charge in [-0.15, -0.1) is 11.3 Å². The van der Waals surface area contributed by atoms with Crippen LogP contribution < -0.4 is 5.32 Å². The van der Waals surface area contributed by atoms with Gasteiger partial charge in [-0.3, -0.25) is 4.79 Å².